The minimum Gasteiger partial charge on any atom is -0.497 e. The van der Waals surface area contributed by atoms with Crippen molar-refractivity contribution in [3.8, 4) is 5.75 Å². The van der Waals surface area contributed by atoms with E-state index in [4.69, 9.17) is 16.3 Å². The molecule has 0 fully saturated rings. The highest BCUT2D eigenvalue weighted by Gasteiger charge is 2.25. The van der Waals surface area contributed by atoms with Gasteiger partial charge < -0.3 is 9.84 Å². The number of nitrogens with one attached hydrogen (secondary N) is 1. The smallest absolute Gasteiger partial charge is 0.240 e. The van der Waals surface area contributed by atoms with Crippen LogP contribution in [0.3, 0.4) is 0 Å². The van der Waals surface area contributed by atoms with E-state index in [0.717, 1.165) is 5.56 Å². The summed E-state index contributed by atoms with van der Waals surface area (Å²) in [7, 11) is -2.17. The lowest BCUT2D eigenvalue weighted by molar-refractivity contribution is 0.242. The van der Waals surface area contributed by atoms with Crippen molar-refractivity contribution in [1.82, 2.24) is 4.72 Å². The Bertz CT molecular complexity index is 760. The van der Waals surface area contributed by atoms with Crippen LogP contribution in [0.2, 0.25) is 5.02 Å². The first-order valence-corrected chi connectivity index (χ1v) is 9.26. The third-order valence-corrected chi connectivity index (χ3v) is 5.63. The van der Waals surface area contributed by atoms with Crippen molar-refractivity contribution in [2.75, 3.05) is 13.7 Å². The Balaban J connectivity index is 2.19. The molecule has 2 atom stereocenters. The second-order valence-corrected chi connectivity index (χ2v) is 7.58. The Kier molecular flexibility index (Phi) is 6.23. The zero-order valence-electron chi connectivity index (χ0n) is 13.4. The number of rotatable bonds is 7. The van der Waals surface area contributed by atoms with Gasteiger partial charge in [-0.25, -0.2) is 13.1 Å². The summed E-state index contributed by atoms with van der Waals surface area (Å²) < 4.78 is 32.6. The summed E-state index contributed by atoms with van der Waals surface area (Å²) in [4.78, 5) is 0.104. The van der Waals surface area contributed by atoms with E-state index in [1.807, 2.05) is 19.1 Å². The van der Waals surface area contributed by atoms with E-state index in [-0.39, 0.29) is 17.4 Å². The molecule has 5 nitrogen and oxygen atoms in total. The van der Waals surface area contributed by atoms with Crippen LogP contribution in [0.25, 0.3) is 0 Å². The standard InChI is InChI=1S/C17H20ClNO4S/c1-12(13-3-7-15(23-2)8-4-13)17(11-20)19-24(21,22)16-9-5-14(18)6-10-16/h3-10,12,17,19-20H,11H2,1-2H3. The maximum atomic E-state index is 12.5. The molecule has 0 heterocycles. The molecule has 0 aromatic heterocycles. The van der Waals surface area contributed by atoms with Crippen LogP contribution in [0.15, 0.2) is 53.4 Å². The van der Waals surface area contributed by atoms with Gasteiger partial charge in [0.25, 0.3) is 0 Å². The van der Waals surface area contributed by atoms with Crippen LogP contribution in [-0.4, -0.2) is 33.3 Å². The highest BCUT2D eigenvalue weighted by molar-refractivity contribution is 7.89. The summed E-state index contributed by atoms with van der Waals surface area (Å²) in [6, 6.07) is 12.5. The number of aliphatic hydroxyl groups excluding tert-OH is 1. The molecule has 2 aromatic carbocycles. The van der Waals surface area contributed by atoms with Crippen molar-refractivity contribution >= 4 is 21.6 Å². The van der Waals surface area contributed by atoms with Gasteiger partial charge in [0.1, 0.15) is 5.75 Å². The molecular formula is C17H20ClNO4S. The summed E-state index contributed by atoms with van der Waals surface area (Å²) in [6.45, 7) is 1.53. The van der Waals surface area contributed by atoms with Gasteiger partial charge in [-0.3, -0.25) is 0 Å². The quantitative estimate of drug-likeness (QED) is 0.786. The Morgan fingerprint density at radius 2 is 1.71 bits per heavy atom. The van der Waals surface area contributed by atoms with Crippen LogP contribution >= 0.6 is 11.6 Å². The van der Waals surface area contributed by atoms with Crippen molar-refractivity contribution in [2.45, 2.75) is 23.8 Å². The largest absolute Gasteiger partial charge is 0.497 e. The van der Waals surface area contributed by atoms with Gasteiger partial charge in [0.2, 0.25) is 10.0 Å². The van der Waals surface area contributed by atoms with E-state index >= 15 is 0 Å². The van der Waals surface area contributed by atoms with E-state index in [9.17, 15) is 13.5 Å². The zero-order valence-corrected chi connectivity index (χ0v) is 15.0. The predicted molar refractivity (Wildman–Crippen MR) is 94.1 cm³/mol. The average Bonchev–Trinajstić information content (AvgIpc) is 2.59. The van der Waals surface area contributed by atoms with Crippen LogP contribution in [0.1, 0.15) is 18.4 Å². The number of aliphatic hydroxyl groups is 1. The van der Waals surface area contributed by atoms with Crippen LogP contribution in [-0.2, 0) is 10.0 Å². The van der Waals surface area contributed by atoms with E-state index in [0.29, 0.717) is 10.8 Å². The molecule has 0 aliphatic heterocycles. The minimum absolute atomic E-state index is 0.104. The number of hydrogen-bond donors (Lipinski definition) is 2. The summed E-state index contributed by atoms with van der Waals surface area (Å²) in [5.41, 5.74) is 0.897. The monoisotopic (exact) mass is 369 g/mol. The summed E-state index contributed by atoms with van der Waals surface area (Å²) in [6.07, 6.45) is 0. The summed E-state index contributed by atoms with van der Waals surface area (Å²) >= 11 is 5.78. The van der Waals surface area contributed by atoms with Crippen molar-refractivity contribution in [3.05, 3.63) is 59.1 Å². The van der Waals surface area contributed by atoms with Gasteiger partial charge in [-0.2, -0.15) is 0 Å². The van der Waals surface area contributed by atoms with Gasteiger partial charge in [-0.05, 0) is 47.9 Å². The van der Waals surface area contributed by atoms with Crippen LogP contribution in [0.4, 0.5) is 0 Å². The Hall–Kier alpha value is -1.60. The highest BCUT2D eigenvalue weighted by Crippen LogP contribution is 2.23. The fourth-order valence-corrected chi connectivity index (χ4v) is 3.75. The lowest BCUT2D eigenvalue weighted by Gasteiger charge is -2.23. The van der Waals surface area contributed by atoms with E-state index < -0.39 is 16.1 Å². The third-order valence-electron chi connectivity index (χ3n) is 3.87. The Morgan fingerprint density at radius 3 is 2.21 bits per heavy atom. The number of hydrogen-bond acceptors (Lipinski definition) is 4. The number of ether oxygens (including phenoxy) is 1. The van der Waals surface area contributed by atoms with E-state index in [2.05, 4.69) is 4.72 Å². The lowest BCUT2D eigenvalue weighted by Crippen LogP contribution is -2.41. The maximum absolute atomic E-state index is 12.5. The molecular weight excluding hydrogens is 350 g/mol. The normalized spacial score (nSPS) is 14.2. The second-order valence-electron chi connectivity index (χ2n) is 5.43. The van der Waals surface area contributed by atoms with Gasteiger partial charge in [-0.1, -0.05) is 30.7 Å². The van der Waals surface area contributed by atoms with Gasteiger partial charge in [0.15, 0.2) is 0 Å². The topological polar surface area (TPSA) is 75.6 Å². The maximum Gasteiger partial charge on any atom is 0.240 e. The molecule has 2 aromatic rings. The molecule has 2 N–H and O–H groups in total. The molecule has 130 valence electrons. The molecule has 0 aliphatic rings. The molecule has 2 unspecified atom stereocenters. The molecule has 7 heteroatoms. The van der Waals surface area contributed by atoms with Gasteiger partial charge in [0.05, 0.1) is 24.7 Å². The zero-order chi connectivity index (χ0) is 17.7. The van der Waals surface area contributed by atoms with Crippen LogP contribution in [0, 0.1) is 0 Å². The fourth-order valence-electron chi connectivity index (χ4n) is 2.32. The Labute approximate surface area is 147 Å². The molecule has 24 heavy (non-hydrogen) atoms. The average molecular weight is 370 g/mol. The number of sulfonamides is 1. The molecule has 0 spiro atoms. The summed E-state index contributed by atoms with van der Waals surface area (Å²) in [5.74, 6) is 0.497. The highest BCUT2D eigenvalue weighted by atomic mass is 35.5. The van der Waals surface area contributed by atoms with Crippen molar-refractivity contribution in [2.24, 2.45) is 0 Å². The number of benzene rings is 2. The Morgan fingerprint density at radius 1 is 1.12 bits per heavy atom. The molecule has 0 amide bonds. The summed E-state index contributed by atoms with van der Waals surface area (Å²) in [5, 5.41) is 10.1. The molecule has 0 aliphatic carbocycles. The second kappa shape index (κ2) is 7.98. The van der Waals surface area contributed by atoms with Gasteiger partial charge >= 0.3 is 0 Å². The molecule has 0 saturated carbocycles. The number of methoxy groups -OCH3 is 1. The molecule has 2 rings (SSSR count). The fraction of sp³-hybridized carbons (Fsp3) is 0.294. The van der Waals surface area contributed by atoms with Crippen LogP contribution in [0.5, 0.6) is 5.75 Å². The first-order valence-electron chi connectivity index (χ1n) is 7.40. The van der Waals surface area contributed by atoms with E-state index in [1.165, 1.54) is 24.3 Å². The first-order chi connectivity index (χ1) is 11.4. The SMILES string of the molecule is COc1ccc(C(C)C(CO)NS(=O)(=O)c2ccc(Cl)cc2)cc1. The predicted octanol–water partition coefficient (Wildman–Crippen LogP) is 2.79. The molecule has 0 bridgehead atoms. The van der Waals surface area contributed by atoms with Crippen molar-refractivity contribution < 1.29 is 18.3 Å². The first kappa shape index (κ1) is 18.7. The van der Waals surface area contributed by atoms with E-state index in [1.54, 1.807) is 19.2 Å². The number of halogens is 1. The van der Waals surface area contributed by atoms with Gasteiger partial charge in [-0.15, -0.1) is 0 Å². The molecule has 0 saturated heterocycles. The minimum atomic E-state index is -3.75. The van der Waals surface area contributed by atoms with Gasteiger partial charge in [0, 0.05) is 5.02 Å². The third kappa shape index (κ3) is 4.48. The van der Waals surface area contributed by atoms with Crippen molar-refractivity contribution in [3.63, 3.8) is 0 Å². The van der Waals surface area contributed by atoms with Crippen molar-refractivity contribution in [1.29, 1.82) is 0 Å². The lowest BCUT2D eigenvalue weighted by atomic mass is 9.94. The van der Waals surface area contributed by atoms with Crippen LogP contribution < -0.4 is 9.46 Å². The molecule has 0 radical (unpaired) electrons.